The summed E-state index contributed by atoms with van der Waals surface area (Å²) in [5, 5.41) is 0.566. The molecule has 1 amide bonds. The van der Waals surface area contributed by atoms with Crippen LogP contribution in [0, 0.1) is 5.92 Å². The Morgan fingerprint density at radius 3 is 2.75 bits per heavy atom. The van der Waals surface area contributed by atoms with Crippen molar-refractivity contribution in [1.29, 1.82) is 0 Å². The van der Waals surface area contributed by atoms with Crippen LogP contribution >= 0.6 is 11.6 Å². The maximum atomic E-state index is 13.4. The highest BCUT2D eigenvalue weighted by Gasteiger charge is 2.52. The van der Waals surface area contributed by atoms with Gasteiger partial charge in [-0.05, 0) is 49.1 Å². The van der Waals surface area contributed by atoms with E-state index in [0.29, 0.717) is 16.4 Å². The van der Waals surface area contributed by atoms with Crippen molar-refractivity contribution in [2.75, 3.05) is 0 Å². The first kappa shape index (κ1) is 17.6. The van der Waals surface area contributed by atoms with E-state index in [1.54, 1.807) is 23.3 Å². The third kappa shape index (κ3) is 2.76. The SMILES string of the molecule is O=C1C2=C(OC3CCCCC13)C(=O)N(Cc1ccco1)C2c1cccc(Cl)c1. The predicted molar refractivity (Wildman–Crippen MR) is 102 cm³/mol. The van der Waals surface area contributed by atoms with Gasteiger partial charge in [-0.15, -0.1) is 0 Å². The molecule has 1 aliphatic carbocycles. The summed E-state index contributed by atoms with van der Waals surface area (Å²) >= 11 is 6.22. The highest BCUT2D eigenvalue weighted by Crippen LogP contribution is 2.47. The van der Waals surface area contributed by atoms with E-state index in [2.05, 4.69) is 0 Å². The Bertz CT molecular complexity index is 965. The number of amides is 1. The van der Waals surface area contributed by atoms with Gasteiger partial charge in [-0.2, -0.15) is 0 Å². The number of fused-ring (bicyclic) bond motifs is 1. The number of halogens is 1. The third-order valence-electron chi connectivity index (χ3n) is 5.93. The first-order valence-corrected chi connectivity index (χ1v) is 10.0. The predicted octanol–water partition coefficient (Wildman–Crippen LogP) is 4.43. The van der Waals surface area contributed by atoms with E-state index in [0.717, 1.165) is 31.2 Å². The molecule has 2 aromatic rings. The average Bonchev–Trinajstić information content (AvgIpc) is 3.30. The lowest BCUT2D eigenvalue weighted by atomic mass is 9.77. The molecule has 3 unspecified atom stereocenters. The quantitative estimate of drug-likeness (QED) is 0.768. The molecule has 3 atom stereocenters. The maximum Gasteiger partial charge on any atom is 0.290 e. The summed E-state index contributed by atoms with van der Waals surface area (Å²) in [6, 6.07) is 10.4. The van der Waals surface area contributed by atoms with Crippen LogP contribution in [0.5, 0.6) is 0 Å². The summed E-state index contributed by atoms with van der Waals surface area (Å²) in [6.07, 6.45) is 5.07. The standard InChI is InChI=1S/C22H20ClNO4/c23-14-6-3-5-13(11-14)19-18-20(25)16-8-1-2-9-17(16)28-21(18)22(26)24(19)12-15-7-4-10-27-15/h3-7,10-11,16-17,19H,1-2,8-9,12H2. The molecule has 5 nitrogen and oxygen atoms in total. The minimum absolute atomic E-state index is 0.0474. The van der Waals surface area contributed by atoms with Crippen molar-refractivity contribution in [3.8, 4) is 0 Å². The molecule has 0 saturated heterocycles. The molecule has 144 valence electrons. The summed E-state index contributed by atoms with van der Waals surface area (Å²) in [6.45, 7) is 0.266. The number of carbonyl (C=O) groups is 2. The zero-order chi connectivity index (χ0) is 19.3. The van der Waals surface area contributed by atoms with Crippen molar-refractivity contribution >= 4 is 23.3 Å². The topological polar surface area (TPSA) is 59.8 Å². The minimum Gasteiger partial charge on any atom is -0.483 e. The summed E-state index contributed by atoms with van der Waals surface area (Å²) in [7, 11) is 0. The van der Waals surface area contributed by atoms with Crippen LogP contribution in [0.25, 0.3) is 0 Å². The highest BCUT2D eigenvalue weighted by atomic mass is 35.5. The van der Waals surface area contributed by atoms with Crippen LogP contribution in [0.4, 0.5) is 0 Å². The van der Waals surface area contributed by atoms with E-state index >= 15 is 0 Å². The van der Waals surface area contributed by atoms with Gasteiger partial charge in [0.1, 0.15) is 11.9 Å². The zero-order valence-corrected chi connectivity index (χ0v) is 16.0. The summed E-state index contributed by atoms with van der Waals surface area (Å²) < 4.78 is 11.6. The lowest BCUT2D eigenvalue weighted by molar-refractivity contribution is -0.135. The van der Waals surface area contributed by atoms with Crippen LogP contribution in [0.15, 0.2) is 58.4 Å². The Balaban J connectivity index is 1.60. The molecule has 0 N–H and O–H groups in total. The number of rotatable bonds is 3. The van der Waals surface area contributed by atoms with Gasteiger partial charge in [0.15, 0.2) is 11.5 Å². The largest absolute Gasteiger partial charge is 0.483 e. The van der Waals surface area contributed by atoms with Crippen LogP contribution in [0.3, 0.4) is 0 Å². The number of hydrogen-bond donors (Lipinski definition) is 0. The second kappa shape index (κ2) is 6.82. The summed E-state index contributed by atoms with van der Waals surface area (Å²) in [5.74, 6) is 0.500. The van der Waals surface area contributed by atoms with Crippen LogP contribution < -0.4 is 0 Å². The number of ether oxygens (including phenoxy) is 1. The van der Waals surface area contributed by atoms with E-state index in [-0.39, 0.29) is 36.0 Å². The van der Waals surface area contributed by atoms with Crippen molar-refractivity contribution in [1.82, 2.24) is 4.90 Å². The normalized spacial score (nSPS) is 26.9. The third-order valence-corrected chi connectivity index (χ3v) is 6.16. The number of ketones is 1. The lowest BCUT2D eigenvalue weighted by Crippen LogP contribution is -2.39. The van der Waals surface area contributed by atoms with Gasteiger partial charge in [0.2, 0.25) is 0 Å². The van der Waals surface area contributed by atoms with Crippen LogP contribution in [0.2, 0.25) is 5.02 Å². The monoisotopic (exact) mass is 397 g/mol. The van der Waals surface area contributed by atoms with Crippen LogP contribution in [-0.2, 0) is 20.9 Å². The number of carbonyl (C=O) groups excluding carboxylic acids is 2. The molecule has 1 saturated carbocycles. The lowest BCUT2D eigenvalue weighted by Gasteiger charge is -2.35. The Labute approximate surface area is 167 Å². The van der Waals surface area contributed by atoms with Crippen LogP contribution in [0.1, 0.15) is 43.0 Å². The van der Waals surface area contributed by atoms with E-state index in [4.69, 9.17) is 20.8 Å². The Hall–Kier alpha value is -2.53. The second-order valence-electron chi connectivity index (χ2n) is 7.62. The number of hydrogen-bond acceptors (Lipinski definition) is 4. The maximum absolute atomic E-state index is 13.4. The number of benzene rings is 1. The molecular formula is C22H20ClNO4. The Kier molecular flexibility index (Phi) is 4.27. The van der Waals surface area contributed by atoms with Crippen molar-refractivity contribution in [3.63, 3.8) is 0 Å². The van der Waals surface area contributed by atoms with Crippen molar-refractivity contribution in [3.05, 3.63) is 70.3 Å². The van der Waals surface area contributed by atoms with Gasteiger partial charge in [0.05, 0.1) is 30.3 Å². The van der Waals surface area contributed by atoms with Crippen molar-refractivity contribution in [2.24, 2.45) is 5.92 Å². The van der Waals surface area contributed by atoms with Gasteiger partial charge in [-0.3, -0.25) is 9.59 Å². The van der Waals surface area contributed by atoms with E-state index in [9.17, 15) is 9.59 Å². The Morgan fingerprint density at radius 2 is 1.96 bits per heavy atom. The Morgan fingerprint density at radius 1 is 1.11 bits per heavy atom. The molecule has 1 aromatic heterocycles. The van der Waals surface area contributed by atoms with Crippen molar-refractivity contribution < 1.29 is 18.7 Å². The molecular weight excluding hydrogens is 378 g/mol. The molecule has 2 aliphatic heterocycles. The molecule has 0 spiro atoms. The fraction of sp³-hybridized carbons (Fsp3) is 0.364. The fourth-order valence-electron chi connectivity index (χ4n) is 4.65. The molecule has 5 rings (SSSR count). The average molecular weight is 398 g/mol. The molecule has 28 heavy (non-hydrogen) atoms. The van der Waals surface area contributed by atoms with Gasteiger partial charge in [-0.1, -0.05) is 30.2 Å². The highest BCUT2D eigenvalue weighted by molar-refractivity contribution is 6.30. The van der Waals surface area contributed by atoms with Gasteiger partial charge in [0.25, 0.3) is 5.91 Å². The summed E-state index contributed by atoms with van der Waals surface area (Å²) in [5.41, 5.74) is 1.28. The molecule has 1 fully saturated rings. The fourth-order valence-corrected chi connectivity index (χ4v) is 4.85. The summed E-state index contributed by atoms with van der Waals surface area (Å²) in [4.78, 5) is 28.4. The molecule has 3 aliphatic rings. The molecule has 1 aromatic carbocycles. The zero-order valence-electron chi connectivity index (χ0n) is 15.3. The van der Waals surface area contributed by atoms with E-state index < -0.39 is 6.04 Å². The molecule has 0 radical (unpaired) electrons. The number of Topliss-reactive ketones (excluding diaryl/α,β-unsaturated/α-hetero) is 1. The van der Waals surface area contributed by atoms with Crippen LogP contribution in [-0.4, -0.2) is 22.7 Å². The van der Waals surface area contributed by atoms with Gasteiger partial charge >= 0.3 is 0 Å². The van der Waals surface area contributed by atoms with Gasteiger partial charge in [0, 0.05) is 5.02 Å². The smallest absolute Gasteiger partial charge is 0.290 e. The van der Waals surface area contributed by atoms with E-state index in [1.807, 2.05) is 24.3 Å². The first-order chi connectivity index (χ1) is 13.6. The number of nitrogens with zero attached hydrogens (tertiary/aromatic N) is 1. The second-order valence-corrected chi connectivity index (χ2v) is 8.06. The van der Waals surface area contributed by atoms with Gasteiger partial charge < -0.3 is 14.1 Å². The minimum atomic E-state index is -0.512. The van der Waals surface area contributed by atoms with Gasteiger partial charge in [-0.25, -0.2) is 0 Å². The first-order valence-electron chi connectivity index (χ1n) is 9.67. The number of furan rings is 1. The molecule has 3 heterocycles. The molecule has 0 bridgehead atoms. The van der Waals surface area contributed by atoms with E-state index in [1.165, 1.54) is 0 Å². The van der Waals surface area contributed by atoms with Crippen molar-refractivity contribution in [2.45, 2.75) is 44.4 Å². The molecule has 6 heteroatoms.